The van der Waals surface area contributed by atoms with E-state index in [-0.39, 0.29) is 5.78 Å². The van der Waals surface area contributed by atoms with E-state index in [2.05, 4.69) is 23.1 Å². The minimum atomic E-state index is -0.653. The number of benzene rings is 1. The van der Waals surface area contributed by atoms with Crippen molar-refractivity contribution in [3.05, 3.63) is 29.3 Å². The van der Waals surface area contributed by atoms with Crippen LogP contribution in [-0.2, 0) is 14.3 Å². The first-order chi connectivity index (χ1) is 9.01. The number of ether oxygens (including phenoxy) is 1. The molecule has 0 aliphatic carbocycles. The summed E-state index contributed by atoms with van der Waals surface area (Å²) in [6.07, 6.45) is 0.396. The van der Waals surface area contributed by atoms with Crippen LogP contribution in [0, 0.1) is 19.8 Å². The van der Waals surface area contributed by atoms with Gasteiger partial charge in [0.25, 0.3) is 0 Å². The Labute approximate surface area is 113 Å². The topological polar surface area (TPSA) is 46.6 Å². The molecule has 1 aromatic carbocycles. The zero-order valence-electron chi connectivity index (χ0n) is 11.6. The fraction of sp³-hybridized carbons (Fsp3) is 0.467. The summed E-state index contributed by atoms with van der Waals surface area (Å²) in [4.78, 5) is 25.5. The second-order valence-corrected chi connectivity index (χ2v) is 5.08. The molecule has 1 saturated heterocycles. The first-order valence-electron chi connectivity index (χ1n) is 6.45. The molecule has 0 amide bonds. The van der Waals surface area contributed by atoms with Crippen LogP contribution in [0.2, 0.25) is 0 Å². The minimum Gasteiger partial charge on any atom is -0.468 e. The summed E-state index contributed by atoms with van der Waals surface area (Å²) in [5.41, 5.74) is 3.43. The molecule has 1 aromatic rings. The molecule has 1 unspecified atom stereocenters. The van der Waals surface area contributed by atoms with Gasteiger partial charge < -0.3 is 9.64 Å². The summed E-state index contributed by atoms with van der Waals surface area (Å²) < 4.78 is 4.71. The lowest BCUT2D eigenvalue weighted by atomic mass is 9.95. The molecule has 0 saturated carbocycles. The van der Waals surface area contributed by atoms with Crippen molar-refractivity contribution in [2.24, 2.45) is 5.92 Å². The lowest BCUT2D eigenvalue weighted by Crippen LogP contribution is -2.44. The number of carbonyl (C=O) groups is 2. The van der Waals surface area contributed by atoms with Gasteiger partial charge in [-0.25, -0.2) is 0 Å². The fourth-order valence-corrected chi connectivity index (χ4v) is 2.55. The van der Waals surface area contributed by atoms with Gasteiger partial charge in [0.05, 0.1) is 7.11 Å². The Morgan fingerprint density at radius 1 is 1.26 bits per heavy atom. The van der Waals surface area contributed by atoms with Gasteiger partial charge in [-0.15, -0.1) is 0 Å². The number of hydrogen-bond acceptors (Lipinski definition) is 4. The second kappa shape index (κ2) is 5.43. The maximum absolute atomic E-state index is 11.8. The highest BCUT2D eigenvalue weighted by Gasteiger charge is 2.33. The molecule has 19 heavy (non-hydrogen) atoms. The fourth-order valence-electron chi connectivity index (χ4n) is 2.55. The smallest absolute Gasteiger partial charge is 0.318 e. The number of carbonyl (C=O) groups excluding carboxylic acids is 2. The van der Waals surface area contributed by atoms with Gasteiger partial charge >= 0.3 is 5.97 Å². The van der Waals surface area contributed by atoms with Gasteiger partial charge in [-0.3, -0.25) is 9.59 Å². The molecule has 1 heterocycles. The van der Waals surface area contributed by atoms with E-state index in [9.17, 15) is 9.59 Å². The number of Topliss-reactive ketones (excluding diaryl/α,β-unsaturated/α-hetero) is 1. The average Bonchev–Trinajstić information content (AvgIpc) is 2.37. The van der Waals surface area contributed by atoms with Crippen molar-refractivity contribution in [2.75, 3.05) is 25.1 Å². The summed E-state index contributed by atoms with van der Waals surface area (Å²) in [7, 11) is 1.32. The highest BCUT2D eigenvalue weighted by molar-refractivity contribution is 6.00. The maximum Gasteiger partial charge on any atom is 0.318 e. The molecule has 1 aliphatic heterocycles. The van der Waals surface area contributed by atoms with E-state index in [0.717, 1.165) is 5.69 Å². The van der Waals surface area contributed by atoms with Crippen molar-refractivity contribution in [3.8, 4) is 0 Å². The highest BCUT2D eigenvalue weighted by atomic mass is 16.5. The van der Waals surface area contributed by atoms with E-state index >= 15 is 0 Å². The van der Waals surface area contributed by atoms with E-state index in [1.807, 2.05) is 13.8 Å². The van der Waals surface area contributed by atoms with Crippen LogP contribution in [0.1, 0.15) is 17.5 Å². The molecule has 4 nitrogen and oxygen atoms in total. The van der Waals surface area contributed by atoms with E-state index < -0.39 is 11.9 Å². The molecule has 0 bridgehead atoms. The quantitative estimate of drug-likeness (QED) is 0.602. The Hall–Kier alpha value is -1.84. The standard InChI is InChI=1S/C15H19NO3/c1-10-6-11(2)8-12(7-10)16-5-4-14(17)13(9-16)15(18)19-3/h6-8,13H,4-5,9H2,1-3H3. The van der Waals surface area contributed by atoms with Gasteiger partial charge in [0.15, 0.2) is 5.78 Å². The van der Waals surface area contributed by atoms with Crippen molar-refractivity contribution < 1.29 is 14.3 Å². The van der Waals surface area contributed by atoms with E-state index in [4.69, 9.17) is 4.74 Å². The van der Waals surface area contributed by atoms with Crippen LogP contribution in [0.5, 0.6) is 0 Å². The van der Waals surface area contributed by atoms with Crippen molar-refractivity contribution in [3.63, 3.8) is 0 Å². The number of hydrogen-bond donors (Lipinski definition) is 0. The summed E-state index contributed by atoms with van der Waals surface area (Å²) in [5.74, 6) is -1.11. The molecule has 4 heteroatoms. The van der Waals surface area contributed by atoms with E-state index in [1.165, 1.54) is 18.2 Å². The van der Waals surface area contributed by atoms with E-state index in [1.54, 1.807) is 0 Å². The van der Waals surface area contributed by atoms with Crippen LogP contribution in [-0.4, -0.2) is 32.0 Å². The Morgan fingerprint density at radius 2 is 1.89 bits per heavy atom. The van der Waals surface area contributed by atoms with Crippen LogP contribution < -0.4 is 4.90 Å². The lowest BCUT2D eigenvalue weighted by Gasteiger charge is -2.32. The number of esters is 1. The largest absolute Gasteiger partial charge is 0.468 e. The molecule has 102 valence electrons. The molecule has 1 atom stereocenters. The van der Waals surface area contributed by atoms with Crippen molar-refractivity contribution in [2.45, 2.75) is 20.3 Å². The van der Waals surface area contributed by atoms with Crippen LogP contribution >= 0.6 is 0 Å². The summed E-state index contributed by atoms with van der Waals surface area (Å²) in [6.45, 7) is 5.16. The number of rotatable bonds is 2. The molecule has 1 aliphatic rings. The number of nitrogens with zero attached hydrogens (tertiary/aromatic N) is 1. The molecule has 0 radical (unpaired) electrons. The van der Waals surface area contributed by atoms with Gasteiger partial charge in [-0.1, -0.05) is 6.07 Å². The van der Waals surface area contributed by atoms with Gasteiger partial charge in [-0.05, 0) is 37.1 Å². The number of anilines is 1. The van der Waals surface area contributed by atoms with Gasteiger partial charge in [-0.2, -0.15) is 0 Å². The van der Waals surface area contributed by atoms with Crippen LogP contribution in [0.3, 0.4) is 0 Å². The Balaban J connectivity index is 2.22. The van der Waals surface area contributed by atoms with Crippen LogP contribution in [0.4, 0.5) is 5.69 Å². The number of methoxy groups -OCH3 is 1. The lowest BCUT2D eigenvalue weighted by molar-refractivity contribution is -0.149. The molecule has 1 fully saturated rings. The molecule has 0 N–H and O–H groups in total. The normalized spacial score (nSPS) is 19.4. The Bertz CT molecular complexity index is 482. The summed E-state index contributed by atoms with van der Waals surface area (Å²) in [5, 5.41) is 0. The van der Waals surface area contributed by atoms with Crippen molar-refractivity contribution in [1.29, 1.82) is 0 Å². The zero-order chi connectivity index (χ0) is 14.0. The highest BCUT2D eigenvalue weighted by Crippen LogP contribution is 2.24. The molecular formula is C15H19NO3. The zero-order valence-corrected chi connectivity index (χ0v) is 11.6. The summed E-state index contributed by atoms with van der Waals surface area (Å²) >= 11 is 0. The van der Waals surface area contributed by atoms with Crippen LogP contribution in [0.25, 0.3) is 0 Å². The molecule has 2 rings (SSSR count). The molecule has 0 aromatic heterocycles. The van der Waals surface area contributed by atoms with Gasteiger partial charge in [0.2, 0.25) is 0 Å². The second-order valence-electron chi connectivity index (χ2n) is 5.08. The first-order valence-corrected chi connectivity index (χ1v) is 6.45. The number of piperidine rings is 1. The minimum absolute atomic E-state index is 0.0209. The third kappa shape index (κ3) is 2.95. The SMILES string of the molecule is COC(=O)C1CN(c2cc(C)cc(C)c2)CCC1=O. The molecular weight excluding hydrogens is 242 g/mol. The molecule has 0 spiro atoms. The van der Waals surface area contributed by atoms with Crippen molar-refractivity contribution >= 4 is 17.4 Å². The Morgan fingerprint density at radius 3 is 2.47 bits per heavy atom. The summed E-state index contributed by atoms with van der Waals surface area (Å²) in [6, 6.07) is 6.27. The van der Waals surface area contributed by atoms with Crippen LogP contribution in [0.15, 0.2) is 18.2 Å². The first kappa shape index (κ1) is 13.6. The van der Waals surface area contributed by atoms with E-state index in [0.29, 0.717) is 19.5 Å². The predicted octanol–water partition coefficient (Wildman–Crippen LogP) is 1.87. The van der Waals surface area contributed by atoms with Crippen molar-refractivity contribution in [1.82, 2.24) is 0 Å². The Kier molecular flexibility index (Phi) is 3.88. The average molecular weight is 261 g/mol. The third-order valence-corrected chi connectivity index (χ3v) is 3.48. The predicted molar refractivity (Wildman–Crippen MR) is 73.3 cm³/mol. The number of ketones is 1. The van der Waals surface area contributed by atoms with Gasteiger partial charge in [0.1, 0.15) is 5.92 Å². The van der Waals surface area contributed by atoms with Gasteiger partial charge in [0, 0.05) is 25.2 Å². The third-order valence-electron chi connectivity index (χ3n) is 3.48. The monoisotopic (exact) mass is 261 g/mol. The number of aryl methyl sites for hydroxylation is 2. The maximum atomic E-state index is 11.8.